The molecule has 0 bridgehead atoms. The van der Waals surface area contributed by atoms with Crippen molar-refractivity contribution in [1.29, 1.82) is 0 Å². The van der Waals surface area contributed by atoms with E-state index >= 15 is 0 Å². The van der Waals surface area contributed by atoms with Gasteiger partial charge in [0.05, 0.1) is 5.71 Å². The van der Waals surface area contributed by atoms with Gasteiger partial charge in [0.2, 0.25) is 0 Å². The Morgan fingerprint density at radius 1 is 1.08 bits per heavy atom. The zero-order valence-electron chi connectivity index (χ0n) is 8.04. The van der Waals surface area contributed by atoms with E-state index in [0.29, 0.717) is 0 Å². The first-order valence-electron chi connectivity index (χ1n) is 4.55. The van der Waals surface area contributed by atoms with Gasteiger partial charge in [-0.2, -0.15) is 0 Å². The number of allylic oxidation sites excluding steroid dienone is 1. The highest BCUT2D eigenvalue weighted by Gasteiger charge is 2.07. The summed E-state index contributed by atoms with van der Waals surface area (Å²) >= 11 is 0. The standard InChI is InChI=1S/C12H13N/c1-9-3-5-11(6-4-9)12-7-10(2)8-13-12/h3-6,8H,7H2,1-2H3. The largest absolute Gasteiger partial charge is 0.260 e. The second kappa shape index (κ2) is 3.17. The van der Waals surface area contributed by atoms with Crippen LogP contribution in [0, 0.1) is 6.92 Å². The third-order valence-corrected chi connectivity index (χ3v) is 2.27. The molecule has 0 spiro atoms. The number of aliphatic imine (C=N–C) groups is 1. The molecule has 1 aliphatic rings. The lowest BCUT2D eigenvalue weighted by Crippen LogP contribution is -1.96. The number of aryl methyl sites for hydroxylation is 1. The Morgan fingerprint density at radius 2 is 1.77 bits per heavy atom. The summed E-state index contributed by atoms with van der Waals surface area (Å²) in [6.07, 6.45) is 2.96. The normalized spacial score (nSPS) is 15.5. The van der Waals surface area contributed by atoms with Crippen LogP contribution in [0.5, 0.6) is 0 Å². The van der Waals surface area contributed by atoms with Gasteiger partial charge >= 0.3 is 0 Å². The molecule has 1 heterocycles. The fourth-order valence-electron chi connectivity index (χ4n) is 1.47. The molecule has 2 rings (SSSR count). The van der Waals surface area contributed by atoms with Crippen LogP contribution in [0.2, 0.25) is 0 Å². The van der Waals surface area contributed by atoms with Crippen LogP contribution < -0.4 is 0 Å². The molecule has 1 heteroatoms. The predicted molar refractivity (Wildman–Crippen MR) is 56.1 cm³/mol. The maximum absolute atomic E-state index is 4.37. The van der Waals surface area contributed by atoms with Crippen molar-refractivity contribution in [3.8, 4) is 0 Å². The molecule has 0 amide bonds. The number of nitrogens with zero attached hydrogens (tertiary/aromatic N) is 1. The summed E-state index contributed by atoms with van der Waals surface area (Å²) in [7, 11) is 0. The van der Waals surface area contributed by atoms with E-state index in [1.165, 1.54) is 22.4 Å². The molecule has 0 aliphatic carbocycles. The van der Waals surface area contributed by atoms with Crippen molar-refractivity contribution in [1.82, 2.24) is 0 Å². The van der Waals surface area contributed by atoms with Gasteiger partial charge in [0.1, 0.15) is 0 Å². The first-order chi connectivity index (χ1) is 6.25. The van der Waals surface area contributed by atoms with Crippen molar-refractivity contribution in [2.75, 3.05) is 0 Å². The molecule has 0 saturated heterocycles. The van der Waals surface area contributed by atoms with Crippen molar-refractivity contribution >= 4 is 5.71 Å². The quantitative estimate of drug-likeness (QED) is 0.615. The number of hydrogen-bond donors (Lipinski definition) is 0. The first kappa shape index (κ1) is 8.24. The molecule has 0 atom stereocenters. The Balaban J connectivity index is 2.24. The van der Waals surface area contributed by atoms with E-state index in [1.54, 1.807) is 0 Å². The van der Waals surface area contributed by atoms with Gasteiger partial charge in [0.25, 0.3) is 0 Å². The zero-order valence-corrected chi connectivity index (χ0v) is 8.04. The van der Waals surface area contributed by atoms with Gasteiger partial charge in [-0.1, -0.05) is 29.8 Å². The van der Waals surface area contributed by atoms with E-state index in [9.17, 15) is 0 Å². The summed E-state index contributed by atoms with van der Waals surface area (Å²) in [5.41, 5.74) is 5.08. The van der Waals surface area contributed by atoms with Crippen molar-refractivity contribution in [3.05, 3.63) is 47.2 Å². The second-order valence-corrected chi connectivity index (χ2v) is 3.59. The minimum Gasteiger partial charge on any atom is -0.260 e. The lowest BCUT2D eigenvalue weighted by atomic mass is 10.0. The van der Waals surface area contributed by atoms with Gasteiger partial charge in [-0.3, -0.25) is 4.99 Å². The average molecular weight is 171 g/mol. The van der Waals surface area contributed by atoms with Crippen LogP contribution in [0.1, 0.15) is 24.5 Å². The van der Waals surface area contributed by atoms with Crippen molar-refractivity contribution in [3.63, 3.8) is 0 Å². The van der Waals surface area contributed by atoms with Crippen LogP contribution in [0.4, 0.5) is 0 Å². The minimum atomic E-state index is 1.00. The fraction of sp³-hybridized carbons (Fsp3) is 0.250. The summed E-state index contributed by atoms with van der Waals surface area (Å²) in [5, 5.41) is 0. The molecule has 1 aromatic carbocycles. The highest BCUT2D eigenvalue weighted by atomic mass is 14.7. The third-order valence-electron chi connectivity index (χ3n) is 2.27. The first-order valence-corrected chi connectivity index (χ1v) is 4.55. The van der Waals surface area contributed by atoms with E-state index in [2.05, 4.69) is 43.1 Å². The molecule has 0 saturated carbocycles. The Hall–Kier alpha value is -1.37. The van der Waals surface area contributed by atoms with Crippen LogP contribution in [0.15, 0.2) is 41.0 Å². The van der Waals surface area contributed by atoms with Crippen LogP contribution >= 0.6 is 0 Å². The molecular formula is C12H13N. The lowest BCUT2D eigenvalue weighted by molar-refractivity contribution is 1.30. The highest BCUT2D eigenvalue weighted by Crippen LogP contribution is 2.16. The Labute approximate surface area is 78.8 Å². The highest BCUT2D eigenvalue weighted by molar-refractivity contribution is 6.03. The van der Waals surface area contributed by atoms with Crippen LogP contribution in [0.25, 0.3) is 0 Å². The van der Waals surface area contributed by atoms with E-state index in [0.717, 1.165) is 6.42 Å². The smallest absolute Gasteiger partial charge is 0.0516 e. The van der Waals surface area contributed by atoms with Gasteiger partial charge in [0.15, 0.2) is 0 Å². The number of rotatable bonds is 1. The molecule has 66 valence electrons. The lowest BCUT2D eigenvalue weighted by Gasteiger charge is -2.01. The molecule has 13 heavy (non-hydrogen) atoms. The van der Waals surface area contributed by atoms with Gasteiger partial charge in [-0.05, 0) is 25.0 Å². The maximum Gasteiger partial charge on any atom is 0.0516 e. The molecule has 1 aliphatic heterocycles. The summed E-state index contributed by atoms with van der Waals surface area (Å²) in [4.78, 5) is 4.37. The number of benzene rings is 1. The summed E-state index contributed by atoms with van der Waals surface area (Å²) < 4.78 is 0. The second-order valence-electron chi connectivity index (χ2n) is 3.59. The molecule has 1 nitrogen and oxygen atoms in total. The summed E-state index contributed by atoms with van der Waals surface area (Å²) in [5.74, 6) is 0. The molecule has 0 N–H and O–H groups in total. The average Bonchev–Trinajstić information content (AvgIpc) is 2.53. The van der Waals surface area contributed by atoms with Crippen molar-refractivity contribution in [2.24, 2.45) is 4.99 Å². The third kappa shape index (κ3) is 1.69. The molecular weight excluding hydrogens is 158 g/mol. The molecule has 0 fully saturated rings. The van der Waals surface area contributed by atoms with Gasteiger partial charge in [-0.15, -0.1) is 0 Å². The Bertz CT molecular complexity index is 369. The minimum absolute atomic E-state index is 1.00. The van der Waals surface area contributed by atoms with Crippen molar-refractivity contribution in [2.45, 2.75) is 20.3 Å². The molecule has 0 radical (unpaired) electrons. The monoisotopic (exact) mass is 171 g/mol. The number of hydrogen-bond acceptors (Lipinski definition) is 1. The molecule has 0 aromatic heterocycles. The van der Waals surface area contributed by atoms with E-state index in [1.807, 2.05) is 6.20 Å². The van der Waals surface area contributed by atoms with E-state index in [4.69, 9.17) is 0 Å². The van der Waals surface area contributed by atoms with Crippen LogP contribution in [-0.4, -0.2) is 5.71 Å². The topological polar surface area (TPSA) is 12.4 Å². The predicted octanol–water partition coefficient (Wildman–Crippen LogP) is 3.09. The Kier molecular flexibility index (Phi) is 2.01. The Morgan fingerprint density at radius 3 is 2.31 bits per heavy atom. The maximum atomic E-state index is 4.37. The van der Waals surface area contributed by atoms with Gasteiger partial charge < -0.3 is 0 Å². The summed E-state index contributed by atoms with van der Waals surface area (Å²) in [6.45, 7) is 4.22. The molecule has 0 unspecified atom stereocenters. The van der Waals surface area contributed by atoms with Gasteiger partial charge in [-0.25, -0.2) is 0 Å². The van der Waals surface area contributed by atoms with Crippen molar-refractivity contribution < 1.29 is 0 Å². The fourth-order valence-corrected chi connectivity index (χ4v) is 1.47. The SMILES string of the molecule is CC1=CN=C(c2ccc(C)cc2)C1. The molecule has 1 aromatic rings. The van der Waals surface area contributed by atoms with Crippen LogP contribution in [-0.2, 0) is 0 Å². The zero-order chi connectivity index (χ0) is 9.26. The summed E-state index contributed by atoms with van der Waals surface area (Å²) in [6, 6.07) is 8.54. The van der Waals surface area contributed by atoms with Crippen LogP contribution in [0.3, 0.4) is 0 Å². The van der Waals surface area contributed by atoms with E-state index < -0.39 is 0 Å². The van der Waals surface area contributed by atoms with Gasteiger partial charge in [0, 0.05) is 12.6 Å². The van der Waals surface area contributed by atoms with E-state index in [-0.39, 0.29) is 0 Å².